The molecule has 0 saturated carbocycles. The molecule has 2 unspecified atom stereocenters. The number of nitrogens with one attached hydrogen (secondary N) is 1. The smallest absolute Gasteiger partial charge is 0.312 e. The Kier molecular flexibility index (Phi) is 4.22. The van der Waals surface area contributed by atoms with Gasteiger partial charge in [0.1, 0.15) is 0 Å². The van der Waals surface area contributed by atoms with Crippen LogP contribution in [0, 0.1) is 5.92 Å². The number of hydrogen-bond donors (Lipinski definition) is 1. The molecule has 0 spiro atoms. The van der Waals surface area contributed by atoms with Gasteiger partial charge in [-0.2, -0.15) is 0 Å². The molecule has 0 aliphatic carbocycles. The highest BCUT2D eigenvalue weighted by molar-refractivity contribution is 6.35. The number of carbonyl (C=O) groups is 2. The Bertz CT molecular complexity index is 332. The third kappa shape index (κ3) is 2.66. The molecule has 0 radical (unpaired) electrons. The molecule has 2 heterocycles. The van der Waals surface area contributed by atoms with Crippen molar-refractivity contribution in [1.82, 2.24) is 15.1 Å². The second-order valence-electron chi connectivity index (χ2n) is 5.46. The van der Waals surface area contributed by atoms with E-state index in [1.54, 1.807) is 9.80 Å². The molecule has 102 valence electrons. The highest BCUT2D eigenvalue weighted by Crippen LogP contribution is 2.16. The van der Waals surface area contributed by atoms with Crippen molar-refractivity contribution in [1.29, 1.82) is 0 Å². The van der Waals surface area contributed by atoms with Gasteiger partial charge in [-0.25, -0.2) is 0 Å². The van der Waals surface area contributed by atoms with Crippen LogP contribution in [0.5, 0.6) is 0 Å². The maximum atomic E-state index is 12.0. The highest BCUT2D eigenvalue weighted by atomic mass is 16.2. The number of amides is 2. The van der Waals surface area contributed by atoms with Crippen LogP contribution in [0.3, 0.4) is 0 Å². The Labute approximate surface area is 108 Å². The molecular weight excluding hydrogens is 230 g/mol. The molecule has 0 aromatic rings. The van der Waals surface area contributed by atoms with E-state index >= 15 is 0 Å². The zero-order valence-electron chi connectivity index (χ0n) is 11.3. The average molecular weight is 253 g/mol. The molecule has 5 heteroatoms. The Balaban J connectivity index is 1.99. The van der Waals surface area contributed by atoms with Crippen molar-refractivity contribution in [2.24, 2.45) is 5.92 Å². The van der Waals surface area contributed by atoms with Gasteiger partial charge in [-0.1, -0.05) is 20.3 Å². The first-order valence-corrected chi connectivity index (χ1v) is 6.94. The van der Waals surface area contributed by atoms with Crippen LogP contribution in [0.4, 0.5) is 0 Å². The number of hydrogen-bond acceptors (Lipinski definition) is 3. The summed E-state index contributed by atoms with van der Waals surface area (Å²) in [4.78, 5) is 27.5. The van der Waals surface area contributed by atoms with Crippen molar-refractivity contribution in [2.45, 2.75) is 32.7 Å². The molecule has 0 bridgehead atoms. The van der Waals surface area contributed by atoms with Gasteiger partial charge in [0.2, 0.25) is 0 Å². The van der Waals surface area contributed by atoms with Crippen LogP contribution in [0.1, 0.15) is 26.7 Å². The summed E-state index contributed by atoms with van der Waals surface area (Å²) in [6.07, 6.45) is 2.22. The van der Waals surface area contributed by atoms with Gasteiger partial charge < -0.3 is 15.1 Å². The number of nitrogens with zero attached hydrogens (tertiary/aromatic N) is 2. The van der Waals surface area contributed by atoms with E-state index in [1.807, 2.05) is 0 Å². The van der Waals surface area contributed by atoms with E-state index in [9.17, 15) is 9.59 Å². The Hall–Kier alpha value is -1.10. The fourth-order valence-corrected chi connectivity index (χ4v) is 2.90. The van der Waals surface area contributed by atoms with Crippen LogP contribution < -0.4 is 5.32 Å². The minimum absolute atomic E-state index is 0.165. The van der Waals surface area contributed by atoms with Gasteiger partial charge >= 0.3 is 11.8 Å². The van der Waals surface area contributed by atoms with Crippen LogP contribution in [-0.4, -0.2) is 60.4 Å². The summed E-state index contributed by atoms with van der Waals surface area (Å²) in [5, 5.41) is 3.29. The maximum absolute atomic E-state index is 12.0. The summed E-state index contributed by atoms with van der Waals surface area (Å²) < 4.78 is 0. The molecule has 2 rings (SSSR count). The van der Waals surface area contributed by atoms with Crippen LogP contribution in [0.25, 0.3) is 0 Å². The lowest BCUT2D eigenvalue weighted by Gasteiger charge is -2.43. The second kappa shape index (κ2) is 5.69. The second-order valence-corrected chi connectivity index (χ2v) is 5.46. The minimum atomic E-state index is -0.309. The summed E-state index contributed by atoms with van der Waals surface area (Å²) in [5.74, 6) is -0.151. The Morgan fingerprint density at radius 2 is 2.17 bits per heavy atom. The van der Waals surface area contributed by atoms with Gasteiger partial charge in [0, 0.05) is 32.7 Å². The normalized spacial score (nSPS) is 26.2. The third-order valence-electron chi connectivity index (χ3n) is 3.83. The van der Waals surface area contributed by atoms with Crippen molar-refractivity contribution in [3.05, 3.63) is 0 Å². The fourth-order valence-electron chi connectivity index (χ4n) is 2.90. The number of carbonyl (C=O) groups excluding carboxylic acids is 2. The van der Waals surface area contributed by atoms with Crippen LogP contribution in [-0.2, 0) is 9.59 Å². The first kappa shape index (κ1) is 13.3. The van der Waals surface area contributed by atoms with Gasteiger partial charge in [0.15, 0.2) is 0 Å². The molecule has 2 amide bonds. The topological polar surface area (TPSA) is 52.6 Å². The van der Waals surface area contributed by atoms with E-state index in [0.717, 1.165) is 25.9 Å². The lowest BCUT2D eigenvalue weighted by atomic mass is 10.0. The zero-order chi connectivity index (χ0) is 13.1. The summed E-state index contributed by atoms with van der Waals surface area (Å²) in [6, 6.07) is 0.165. The van der Waals surface area contributed by atoms with Crippen LogP contribution in [0.2, 0.25) is 0 Å². The minimum Gasteiger partial charge on any atom is -0.332 e. The molecule has 18 heavy (non-hydrogen) atoms. The van der Waals surface area contributed by atoms with Crippen LogP contribution >= 0.6 is 0 Å². The maximum Gasteiger partial charge on any atom is 0.312 e. The molecule has 0 aromatic heterocycles. The number of fused-ring (bicyclic) bond motifs is 1. The zero-order valence-corrected chi connectivity index (χ0v) is 11.3. The average Bonchev–Trinajstić information content (AvgIpc) is 2.36. The lowest BCUT2D eigenvalue weighted by molar-refractivity contribution is -0.160. The molecule has 2 saturated heterocycles. The van der Waals surface area contributed by atoms with Crippen molar-refractivity contribution < 1.29 is 9.59 Å². The largest absolute Gasteiger partial charge is 0.332 e. The number of rotatable bonds is 4. The summed E-state index contributed by atoms with van der Waals surface area (Å²) in [5.41, 5.74) is 0. The Morgan fingerprint density at radius 3 is 2.89 bits per heavy atom. The SMILES string of the molecule is CCCC(C)CN1CC2CNCCN2C(=O)C1=O. The molecule has 2 aliphatic rings. The van der Waals surface area contributed by atoms with Crippen molar-refractivity contribution in [2.75, 3.05) is 32.7 Å². The molecule has 2 atom stereocenters. The van der Waals surface area contributed by atoms with E-state index < -0.39 is 0 Å². The van der Waals surface area contributed by atoms with Crippen molar-refractivity contribution in [3.63, 3.8) is 0 Å². The van der Waals surface area contributed by atoms with E-state index in [2.05, 4.69) is 19.2 Å². The van der Waals surface area contributed by atoms with Gasteiger partial charge in [-0.3, -0.25) is 9.59 Å². The van der Waals surface area contributed by atoms with E-state index in [-0.39, 0.29) is 17.9 Å². The van der Waals surface area contributed by atoms with Crippen molar-refractivity contribution >= 4 is 11.8 Å². The molecule has 5 nitrogen and oxygen atoms in total. The monoisotopic (exact) mass is 253 g/mol. The van der Waals surface area contributed by atoms with Crippen molar-refractivity contribution in [3.8, 4) is 0 Å². The molecule has 2 fully saturated rings. The fraction of sp³-hybridized carbons (Fsp3) is 0.846. The quantitative estimate of drug-likeness (QED) is 0.721. The number of piperazine rings is 2. The van der Waals surface area contributed by atoms with Gasteiger partial charge in [0.25, 0.3) is 0 Å². The predicted molar refractivity (Wildman–Crippen MR) is 69.0 cm³/mol. The molecule has 2 aliphatic heterocycles. The summed E-state index contributed by atoms with van der Waals surface area (Å²) in [6.45, 7) is 7.95. The van der Waals surface area contributed by atoms with Gasteiger partial charge in [-0.05, 0) is 12.3 Å². The third-order valence-corrected chi connectivity index (χ3v) is 3.83. The standard InChI is InChI=1S/C13H23N3O2/c1-3-4-10(2)8-15-9-11-7-14-5-6-16(11)13(18)12(15)17/h10-11,14H,3-9H2,1-2H3. The van der Waals surface area contributed by atoms with E-state index in [0.29, 0.717) is 25.6 Å². The predicted octanol–water partition coefficient (Wildman–Crippen LogP) is 0.0652. The first-order chi connectivity index (χ1) is 8.63. The van der Waals surface area contributed by atoms with Gasteiger partial charge in [0.05, 0.1) is 6.04 Å². The molecular formula is C13H23N3O2. The molecule has 1 N–H and O–H groups in total. The van der Waals surface area contributed by atoms with E-state index in [4.69, 9.17) is 0 Å². The lowest BCUT2D eigenvalue weighted by Crippen LogP contribution is -2.66. The first-order valence-electron chi connectivity index (χ1n) is 6.94. The summed E-state index contributed by atoms with van der Waals surface area (Å²) in [7, 11) is 0. The summed E-state index contributed by atoms with van der Waals surface area (Å²) >= 11 is 0. The van der Waals surface area contributed by atoms with Gasteiger partial charge in [-0.15, -0.1) is 0 Å². The Morgan fingerprint density at radius 1 is 1.39 bits per heavy atom. The highest BCUT2D eigenvalue weighted by Gasteiger charge is 2.40. The molecule has 0 aromatic carbocycles. The van der Waals surface area contributed by atoms with Crippen LogP contribution in [0.15, 0.2) is 0 Å². The van der Waals surface area contributed by atoms with E-state index in [1.165, 1.54) is 0 Å².